The van der Waals surface area contributed by atoms with E-state index in [0.717, 1.165) is 18.7 Å². The van der Waals surface area contributed by atoms with Crippen LogP contribution in [-0.4, -0.2) is 36.0 Å². The Morgan fingerprint density at radius 2 is 1.76 bits per heavy atom. The van der Waals surface area contributed by atoms with Gasteiger partial charge in [-0.05, 0) is 30.2 Å². The van der Waals surface area contributed by atoms with Crippen molar-refractivity contribution in [2.75, 3.05) is 13.1 Å². The lowest BCUT2D eigenvalue weighted by molar-refractivity contribution is -0.135. The number of amides is 1. The number of fused-ring (bicyclic) bond motifs is 1. The summed E-state index contributed by atoms with van der Waals surface area (Å²) in [7, 11) is 0. The Kier molecular flexibility index (Phi) is 3.93. The van der Waals surface area contributed by atoms with E-state index >= 15 is 0 Å². The van der Waals surface area contributed by atoms with Gasteiger partial charge in [0.05, 0.1) is 6.42 Å². The average molecular weight is 282 g/mol. The highest BCUT2D eigenvalue weighted by atomic mass is 16.2. The zero-order valence-electron chi connectivity index (χ0n) is 12.7. The van der Waals surface area contributed by atoms with Crippen molar-refractivity contribution in [2.45, 2.75) is 32.4 Å². The van der Waals surface area contributed by atoms with Crippen LogP contribution in [0.15, 0.2) is 42.5 Å². The van der Waals surface area contributed by atoms with Crippen LogP contribution in [0.25, 0.3) is 10.8 Å². The Morgan fingerprint density at radius 1 is 1.10 bits per heavy atom. The van der Waals surface area contributed by atoms with Crippen LogP contribution in [0, 0.1) is 0 Å². The van der Waals surface area contributed by atoms with Gasteiger partial charge in [0.15, 0.2) is 0 Å². The van der Waals surface area contributed by atoms with Crippen molar-refractivity contribution in [3.8, 4) is 0 Å². The lowest BCUT2D eigenvalue weighted by Crippen LogP contribution is -2.57. The molecule has 3 nitrogen and oxygen atoms in total. The highest BCUT2D eigenvalue weighted by molar-refractivity contribution is 5.90. The number of hydrogen-bond donors (Lipinski definition) is 1. The van der Waals surface area contributed by atoms with E-state index in [2.05, 4.69) is 43.4 Å². The number of nitrogens with zero attached hydrogens (tertiary/aromatic N) is 1. The second kappa shape index (κ2) is 5.86. The Labute approximate surface area is 125 Å². The first kappa shape index (κ1) is 14.1. The normalized spacial score (nSPS) is 22.5. The fourth-order valence-corrected chi connectivity index (χ4v) is 3.32. The van der Waals surface area contributed by atoms with E-state index in [0.29, 0.717) is 6.42 Å². The molecule has 0 aromatic heterocycles. The highest BCUT2D eigenvalue weighted by Crippen LogP contribution is 2.20. The molecule has 1 heterocycles. The molecule has 3 heteroatoms. The topological polar surface area (TPSA) is 32.3 Å². The first-order valence-electron chi connectivity index (χ1n) is 7.65. The molecule has 1 aliphatic heterocycles. The van der Waals surface area contributed by atoms with Crippen LogP contribution >= 0.6 is 0 Å². The van der Waals surface area contributed by atoms with Gasteiger partial charge in [0.25, 0.3) is 0 Å². The fourth-order valence-electron chi connectivity index (χ4n) is 3.32. The standard InChI is InChI=1S/C18H22N2O/c1-13-11-19-12-14(2)20(13)18(21)10-16-8-5-7-15-6-3-4-9-17(15)16/h3-9,13-14,19H,10-12H2,1-2H3. The van der Waals surface area contributed by atoms with Crippen molar-refractivity contribution >= 4 is 16.7 Å². The zero-order valence-corrected chi connectivity index (χ0v) is 12.7. The van der Waals surface area contributed by atoms with Gasteiger partial charge in [0, 0.05) is 25.2 Å². The summed E-state index contributed by atoms with van der Waals surface area (Å²) in [5.41, 5.74) is 1.12. The number of hydrogen-bond acceptors (Lipinski definition) is 2. The highest BCUT2D eigenvalue weighted by Gasteiger charge is 2.28. The molecule has 1 N–H and O–H groups in total. The van der Waals surface area contributed by atoms with Crippen molar-refractivity contribution in [2.24, 2.45) is 0 Å². The minimum absolute atomic E-state index is 0.229. The third-order valence-corrected chi connectivity index (χ3v) is 4.34. The summed E-state index contributed by atoms with van der Waals surface area (Å²) in [6, 6.07) is 15.0. The zero-order chi connectivity index (χ0) is 14.8. The second-order valence-electron chi connectivity index (χ2n) is 5.97. The Hall–Kier alpha value is -1.87. The monoisotopic (exact) mass is 282 g/mol. The largest absolute Gasteiger partial charge is 0.334 e. The van der Waals surface area contributed by atoms with Crippen molar-refractivity contribution in [3.63, 3.8) is 0 Å². The number of piperazine rings is 1. The van der Waals surface area contributed by atoms with Crippen LogP contribution in [0.5, 0.6) is 0 Å². The molecule has 21 heavy (non-hydrogen) atoms. The molecule has 2 unspecified atom stereocenters. The summed E-state index contributed by atoms with van der Waals surface area (Å²) in [6.45, 7) is 5.99. The molecule has 2 aromatic carbocycles. The van der Waals surface area contributed by atoms with Gasteiger partial charge in [-0.25, -0.2) is 0 Å². The number of rotatable bonds is 2. The third kappa shape index (κ3) is 2.79. The molecule has 0 bridgehead atoms. The smallest absolute Gasteiger partial charge is 0.227 e. The molecule has 1 amide bonds. The number of nitrogens with one attached hydrogen (secondary N) is 1. The van der Waals surface area contributed by atoms with Crippen molar-refractivity contribution < 1.29 is 4.79 Å². The molecular formula is C18H22N2O. The van der Waals surface area contributed by atoms with Crippen LogP contribution in [0.4, 0.5) is 0 Å². The van der Waals surface area contributed by atoms with Crippen LogP contribution in [0.1, 0.15) is 19.4 Å². The summed E-state index contributed by atoms with van der Waals surface area (Å²) < 4.78 is 0. The van der Waals surface area contributed by atoms with Gasteiger partial charge in [0.1, 0.15) is 0 Å². The minimum atomic E-state index is 0.229. The van der Waals surface area contributed by atoms with E-state index in [-0.39, 0.29) is 18.0 Å². The fraction of sp³-hybridized carbons (Fsp3) is 0.389. The van der Waals surface area contributed by atoms with Crippen LogP contribution in [-0.2, 0) is 11.2 Å². The van der Waals surface area contributed by atoms with Gasteiger partial charge in [0.2, 0.25) is 5.91 Å². The first-order chi connectivity index (χ1) is 10.2. The SMILES string of the molecule is CC1CNCC(C)N1C(=O)Cc1cccc2ccccc12. The van der Waals surface area contributed by atoms with Crippen LogP contribution < -0.4 is 5.32 Å². The second-order valence-corrected chi connectivity index (χ2v) is 5.97. The lowest BCUT2D eigenvalue weighted by Gasteiger charge is -2.39. The molecule has 1 saturated heterocycles. The van der Waals surface area contributed by atoms with E-state index in [1.165, 1.54) is 10.8 Å². The molecule has 2 atom stereocenters. The molecule has 1 aliphatic rings. The quantitative estimate of drug-likeness (QED) is 0.918. The number of carbonyl (C=O) groups excluding carboxylic acids is 1. The summed E-state index contributed by atoms with van der Waals surface area (Å²) in [5.74, 6) is 0.229. The van der Waals surface area contributed by atoms with Gasteiger partial charge >= 0.3 is 0 Å². The molecule has 3 rings (SSSR count). The minimum Gasteiger partial charge on any atom is -0.334 e. The Morgan fingerprint density at radius 3 is 2.52 bits per heavy atom. The first-order valence-corrected chi connectivity index (χ1v) is 7.65. The number of carbonyl (C=O) groups is 1. The van der Waals surface area contributed by atoms with E-state index < -0.39 is 0 Å². The van der Waals surface area contributed by atoms with Gasteiger partial charge in [-0.2, -0.15) is 0 Å². The lowest BCUT2D eigenvalue weighted by atomic mass is 10.0. The van der Waals surface area contributed by atoms with Crippen molar-refractivity contribution in [1.82, 2.24) is 10.2 Å². The molecule has 1 fully saturated rings. The third-order valence-electron chi connectivity index (χ3n) is 4.34. The van der Waals surface area contributed by atoms with Gasteiger partial charge in [-0.1, -0.05) is 42.5 Å². The summed E-state index contributed by atoms with van der Waals surface area (Å²) in [4.78, 5) is 14.8. The molecule has 2 aromatic rings. The maximum Gasteiger partial charge on any atom is 0.227 e. The van der Waals surface area contributed by atoms with Gasteiger partial charge < -0.3 is 10.2 Å². The molecule has 0 spiro atoms. The molecule has 110 valence electrons. The Bertz CT molecular complexity index is 637. The van der Waals surface area contributed by atoms with Gasteiger partial charge in [-0.15, -0.1) is 0 Å². The van der Waals surface area contributed by atoms with Crippen molar-refractivity contribution in [1.29, 1.82) is 0 Å². The molecule has 0 radical (unpaired) electrons. The van der Waals surface area contributed by atoms with E-state index in [1.807, 2.05) is 23.1 Å². The predicted octanol–water partition coefficient (Wildman–Crippen LogP) is 2.59. The van der Waals surface area contributed by atoms with Crippen LogP contribution in [0.2, 0.25) is 0 Å². The molecule has 0 saturated carbocycles. The summed E-state index contributed by atoms with van der Waals surface area (Å²) in [5, 5.41) is 5.75. The number of benzene rings is 2. The van der Waals surface area contributed by atoms with E-state index in [9.17, 15) is 4.79 Å². The summed E-state index contributed by atoms with van der Waals surface area (Å²) >= 11 is 0. The van der Waals surface area contributed by atoms with Crippen LogP contribution in [0.3, 0.4) is 0 Å². The summed E-state index contributed by atoms with van der Waals surface area (Å²) in [6.07, 6.45) is 0.482. The maximum absolute atomic E-state index is 12.7. The predicted molar refractivity (Wildman–Crippen MR) is 86.3 cm³/mol. The van der Waals surface area contributed by atoms with Crippen molar-refractivity contribution in [3.05, 3.63) is 48.0 Å². The Balaban J connectivity index is 1.86. The average Bonchev–Trinajstić information content (AvgIpc) is 2.47. The van der Waals surface area contributed by atoms with E-state index in [4.69, 9.17) is 0 Å². The maximum atomic E-state index is 12.7. The molecule has 0 aliphatic carbocycles. The van der Waals surface area contributed by atoms with E-state index in [1.54, 1.807) is 0 Å². The molecular weight excluding hydrogens is 260 g/mol. The van der Waals surface area contributed by atoms with Gasteiger partial charge in [-0.3, -0.25) is 4.79 Å².